The first kappa shape index (κ1) is 16.0. The van der Waals surface area contributed by atoms with Crippen molar-refractivity contribution in [2.75, 3.05) is 0 Å². The van der Waals surface area contributed by atoms with Crippen molar-refractivity contribution in [3.8, 4) is 22.8 Å². The SMILES string of the molecule is Cc1ccc(-n2nc(-c3ccccc3)cc2OC(=O)C(C)C)cc1. The molecular formula is C20H20N2O2. The highest BCUT2D eigenvalue weighted by atomic mass is 16.5. The van der Waals surface area contributed by atoms with Crippen molar-refractivity contribution in [3.05, 3.63) is 66.2 Å². The molecule has 1 heterocycles. The first-order valence-electron chi connectivity index (χ1n) is 7.99. The van der Waals surface area contributed by atoms with E-state index in [1.165, 1.54) is 0 Å². The molecule has 122 valence electrons. The van der Waals surface area contributed by atoms with E-state index in [2.05, 4.69) is 5.10 Å². The van der Waals surface area contributed by atoms with E-state index in [-0.39, 0.29) is 11.9 Å². The summed E-state index contributed by atoms with van der Waals surface area (Å²) in [6.07, 6.45) is 0. The first-order valence-corrected chi connectivity index (χ1v) is 7.99. The van der Waals surface area contributed by atoms with Crippen LogP contribution >= 0.6 is 0 Å². The van der Waals surface area contributed by atoms with Crippen LogP contribution in [0.4, 0.5) is 0 Å². The number of esters is 1. The van der Waals surface area contributed by atoms with Crippen LogP contribution in [0, 0.1) is 12.8 Å². The van der Waals surface area contributed by atoms with Gasteiger partial charge in [0.15, 0.2) is 0 Å². The second kappa shape index (κ2) is 6.71. The fourth-order valence-electron chi connectivity index (χ4n) is 2.28. The summed E-state index contributed by atoms with van der Waals surface area (Å²) >= 11 is 0. The molecule has 0 aliphatic carbocycles. The van der Waals surface area contributed by atoms with Crippen molar-refractivity contribution < 1.29 is 9.53 Å². The normalized spacial score (nSPS) is 10.8. The molecule has 0 spiro atoms. The van der Waals surface area contributed by atoms with E-state index in [4.69, 9.17) is 4.74 Å². The molecule has 0 saturated carbocycles. The van der Waals surface area contributed by atoms with Crippen LogP contribution in [0.5, 0.6) is 5.88 Å². The molecule has 3 rings (SSSR count). The van der Waals surface area contributed by atoms with Gasteiger partial charge in [-0.3, -0.25) is 4.79 Å². The second-order valence-corrected chi connectivity index (χ2v) is 6.06. The van der Waals surface area contributed by atoms with Gasteiger partial charge in [0.1, 0.15) is 0 Å². The van der Waals surface area contributed by atoms with Crippen LogP contribution in [0.25, 0.3) is 16.9 Å². The number of carbonyl (C=O) groups is 1. The fraction of sp³-hybridized carbons (Fsp3) is 0.200. The molecule has 0 aliphatic rings. The van der Waals surface area contributed by atoms with Gasteiger partial charge in [0.25, 0.3) is 0 Å². The Kier molecular flexibility index (Phi) is 4.47. The first-order chi connectivity index (χ1) is 11.5. The Morgan fingerprint density at radius 3 is 2.33 bits per heavy atom. The van der Waals surface area contributed by atoms with Gasteiger partial charge in [-0.1, -0.05) is 61.9 Å². The number of hydrogen-bond donors (Lipinski definition) is 0. The van der Waals surface area contributed by atoms with Crippen molar-refractivity contribution in [1.82, 2.24) is 9.78 Å². The van der Waals surface area contributed by atoms with Gasteiger partial charge in [0, 0.05) is 11.6 Å². The molecule has 3 aromatic rings. The summed E-state index contributed by atoms with van der Waals surface area (Å²) in [4.78, 5) is 12.0. The van der Waals surface area contributed by atoms with Crippen LogP contribution in [0.2, 0.25) is 0 Å². The molecule has 0 bridgehead atoms. The lowest BCUT2D eigenvalue weighted by Crippen LogP contribution is -2.16. The number of aromatic nitrogens is 2. The molecule has 2 aromatic carbocycles. The maximum atomic E-state index is 12.0. The highest BCUT2D eigenvalue weighted by Gasteiger charge is 2.17. The molecular weight excluding hydrogens is 300 g/mol. The zero-order valence-corrected chi connectivity index (χ0v) is 14.1. The third-order valence-electron chi connectivity index (χ3n) is 3.70. The van der Waals surface area contributed by atoms with Gasteiger partial charge in [0.05, 0.1) is 17.3 Å². The highest BCUT2D eigenvalue weighted by molar-refractivity contribution is 5.74. The highest BCUT2D eigenvalue weighted by Crippen LogP contribution is 2.27. The Labute approximate surface area is 141 Å². The van der Waals surface area contributed by atoms with Crippen LogP contribution in [-0.2, 0) is 4.79 Å². The summed E-state index contributed by atoms with van der Waals surface area (Å²) in [7, 11) is 0. The molecule has 24 heavy (non-hydrogen) atoms. The van der Waals surface area contributed by atoms with Gasteiger partial charge in [-0.2, -0.15) is 5.10 Å². The van der Waals surface area contributed by atoms with E-state index in [1.54, 1.807) is 10.7 Å². The Bertz CT molecular complexity index is 834. The standard InChI is InChI=1S/C20H20N2O2/c1-14(2)20(23)24-19-13-18(16-7-5-4-6-8-16)21-22(19)17-11-9-15(3)10-12-17/h4-14H,1-3H3. The molecule has 0 radical (unpaired) electrons. The minimum Gasteiger partial charge on any atom is -0.407 e. The number of rotatable bonds is 4. The Balaban J connectivity index is 2.06. The van der Waals surface area contributed by atoms with E-state index in [0.29, 0.717) is 5.88 Å². The van der Waals surface area contributed by atoms with E-state index >= 15 is 0 Å². The summed E-state index contributed by atoms with van der Waals surface area (Å²) in [6, 6.07) is 19.6. The number of hydrogen-bond acceptors (Lipinski definition) is 3. The minimum atomic E-state index is -0.275. The fourth-order valence-corrected chi connectivity index (χ4v) is 2.28. The van der Waals surface area contributed by atoms with Crippen LogP contribution in [-0.4, -0.2) is 15.7 Å². The summed E-state index contributed by atoms with van der Waals surface area (Å²) in [5.74, 6) is -0.0502. The average Bonchev–Trinajstić information content (AvgIpc) is 3.00. The van der Waals surface area contributed by atoms with Crippen LogP contribution in [0.15, 0.2) is 60.7 Å². The summed E-state index contributed by atoms with van der Waals surface area (Å²) in [5, 5.41) is 4.63. The van der Waals surface area contributed by atoms with Crippen molar-refractivity contribution in [2.45, 2.75) is 20.8 Å². The average molecular weight is 320 g/mol. The zero-order chi connectivity index (χ0) is 17.1. The third kappa shape index (κ3) is 3.38. The number of ether oxygens (including phenoxy) is 1. The number of carbonyl (C=O) groups excluding carboxylic acids is 1. The molecule has 0 N–H and O–H groups in total. The minimum absolute atomic E-state index is 0.202. The smallest absolute Gasteiger partial charge is 0.315 e. The van der Waals surface area contributed by atoms with Gasteiger partial charge in [-0.25, -0.2) is 4.68 Å². The molecule has 0 aliphatic heterocycles. The predicted molar refractivity (Wildman–Crippen MR) is 94.2 cm³/mol. The van der Waals surface area contributed by atoms with Crippen LogP contribution < -0.4 is 4.74 Å². The molecule has 4 nitrogen and oxygen atoms in total. The van der Waals surface area contributed by atoms with Crippen LogP contribution in [0.1, 0.15) is 19.4 Å². The topological polar surface area (TPSA) is 44.1 Å². The lowest BCUT2D eigenvalue weighted by atomic mass is 10.2. The molecule has 0 atom stereocenters. The molecule has 0 fully saturated rings. The molecule has 0 unspecified atom stereocenters. The van der Waals surface area contributed by atoms with Gasteiger partial charge < -0.3 is 4.74 Å². The Morgan fingerprint density at radius 1 is 1.04 bits per heavy atom. The van der Waals surface area contributed by atoms with E-state index in [1.807, 2.05) is 75.4 Å². The molecule has 1 aromatic heterocycles. The third-order valence-corrected chi connectivity index (χ3v) is 3.70. The maximum Gasteiger partial charge on any atom is 0.315 e. The Morgan fingerprint density at radius 2 is 1.71 bits per heavy atom. The summed E-state index contributed by atoms with van der Waals surface area (Å²) in [5.41, 5.74) is 3.76. The number of nitrogens with zero attached hydrogens (tertiary/aromatic N) is 2. The monoisotopic (exact) mass is 320 g/mol. The Hall–Kier alpha value is -2.88. The summed E-state index contributed by atoms with van der Waals surface area (Å²) < 4.78 is 7.22. The van der Waals surface area contributed by atoms with E-state index in [9.17, 15) is 4.79 Å². The maximum absolute atomic E-state index is 12.0. The van der Waals surface area contributed by atoms with Crippen molar-refractivity contribution >= 4 is 5.97 Å². The van der Waals surface area contributed by atoms with Crippen LogP contribution in [0.3, 0.4) is 0 Å². The molecule has 0 amide bonds. The quantitative estimate of drug-likeness (QED) is 0.669. The molecule has 4 heteroatoms. The second-order valence-electron chi connectivity index (χ2n) is 6.06. The number of aryl methyl sites for hydroxylation is 1. The van der Waals surface area contributed by atoms with Crippen molar-refractivity contribution in [1.29, 1.82) is 0 Å². The largest absolute Gasteiger partial charge is 0.407 e. The lowest BCUT2D eigenvalue weighted by Gasteiger charge is -2.09. The van der Waals surface area contributed by atoms with Gasteiger partial charge in [0.2, 0.25) is 5.88 Å². The number of benzene rings is 2. The zero-order valence-electron chi connectivity index (χ0n) is 14.1. The molecule has 0 saturated heterocycles. The van der Waals surface area contributed by atoms with Gasteiger partial charge in [-0.05, 0) is 19.1 Å². The van der Waals surface area contributed by atoms with E-state index in [0.717, 1.165) is 22.5 Å². The van der Waals surface area contributed by atoms with Crippen molar-refractivity contribution in [2.24, 2.45) is 5.92 Å². The van der Waals surface area contributed by atoms with E-state index < -0.39 is 0 Å². The summed E-state index contributed by atoms with van der Waals surface area (Å²) in [6.45, 7) is 5.65. The predicted octanol–water partition coefficient (Wildman–Crippen LogP) is 4.41. The van der Waals surface area contributed by atoms with Gasteiger partial charge in [-0.15, -0.1) is 0 Å². The van der Waals surface area contributed by atoms with Gasteiger partial charge >= 0.3 is 5.97 Å². The van der Waals surface area contributed by atoms with Crippen molar-refractivity contribution in [3.63, 3.8) is 0 Å². The lowest BCUT2D eigenvalue weighted by molar-refractivity contribution is -0.138.